The number of hydrogen-bond donors (Lipinski definition) is 3. The molecule has 0 radical (unpaired) electrons. The van der Waals surface area contributed by atoms with E-state index >= 15 is 0 Å². The summed E-state index contributed by atoms with van der Waals surface area (Å²) in [5.74, 6) is 0.341. The summed E-state index contributed by atoms with van der Waals surface area (Å²) in [6.07, 6.45) is 2.06. The average molecular weight is 404 g/mol. The van der Waals surface area contributed by atoms with Crippen LogP contribution in [-0.2, 0) is 16.8 Å². The van der Waals surface area contributed by atoms with Gasteiger partial charge in [-0.3, -0.25) is 0 Å². The third-order valence-corrected chi connectivity index (χ3v) is 5.74. The zero-order valence-corrected chi connectivity index (χ0v) is 16.1. The van der Waals surface area contributed by atoms with Gasteiger partial charge in [-0.05, 0) is 49.1 Å². The molecular formula is C24H20O6. The van der Waals surface area contributed by atoms with Crippen LogP contribution in [0, 0.1) is 0 Å². The second-order valence-corrected chi connectivity index (χ2v) is 7.55. The number of esters is 1. The molecule has 2 aliphatic rings. The lowest BCUT2D eigenvalue weighted by atomic mass is 9.77. The van der Waals surface area contributed by atoms with E-state index in [2.05, 4.69) is 0 Å². The Bertz CT molecular complexity index is 1110. The van der Waals surface area contributed by atoms with Crippen LogP contribution in [-0.4, -0.2) is 27.9 Å². The minimum Gasteiger partial charge on any atom is -0.508 e. The summed E-state index contributed by atoms with van der Waals surface area (Å²) in [4.78, 5) is 13.1. The lowest BCUT2D eigenvalue weighted by Gasteiger charge is -2.36. The van der Waals surface area contributed by atoms with Gasteiger partial charge in [0.15, 0.2) is 5.60 Å². The fourth-order valence-electron chi connectivity index (χ4n) is 4.45. The predicted molar refractivity (Wildman–Crippen MR) is 108 cm³/mol. The number of benzene rings is 3. The number of carbonyl (C=O) groups is 1. The van der Waals surface area contributed by atoms with Crippen LogP contribution in [0.2, 0.25) is 0 Å². The highest BCUT2D eigenvalue weighted by Crippen LogP contribution is 2.57. The number of aromatic hydroxyl groups is 2. The molecule has 0 aliphatic carbocycles. The molecule has 5 rings (SSSR count). The van der Waals surface area contributed by atoms with Crippen LogP contribution in [0.4, 0.5) is 0 Å². The standard InChI is InChI=1S/C24H20O6/c25-11-2-1-4-14-5-3-6-19-22(14)23(28)30-24(19)17-9-7-15(26)12-20(17)29-21-13-16(27)8-10-18(21)24/h3,5-10,12-13,25-27H,1-2,4,11H2. The van der Waals surface area contributed by atoms with Gasteiger partial charge in [0, 0.05) is 35.4 Å². The summed E-state index contributed by atoms with van der Waals surface area (Å²) in [6, 6.07) is 15.1. The van der Waals surface area contributed by atoms with Crippen molar-refractivity contribution >= 4 is 5.97 Å². The van der Waals surface area contributed by atoms with Gasteiger partial charge in [0.1, 0.15) is 23.0 Å². The Balaban J connectivity index is 1.77. The number of aryl methyl sites for hydroxylation is 1. The van der Waals surface area contributed by atoms with Crippen LogP contribution >= 0.6 is 0 Å². The SMILES string of the molecule is O=C1OC2(c3ccc(O)cc3Oc3cc(O)ccc32)c2cccc(CCCCO)c21. The Morgan fingerprint density at radius 3 is 2.13 bits per heavy atom. The summed E-state index contributed by atoms with van der Waals surface area (Å²) in [6.45, 7) is 0.106. The van der Waals surface area contributed by atoms with E-state index in [4.69, 9.17) is 14.6 Å². The fraction of sp³-hybridized carbons (Fsp3) is 0.208. The molecule has 0 saturated carbocycles. The third kappa shape index (κ3) is 2.57. The molecule has 30 heavy (non-hydrogen) atoms. The van der Waals surface area contributed by atoms with E-state index in [1.807, 2.05) is 18.2 Å². The van der Waals surface area contributed by atoms with Gasteiger partial charge in [0.25, 0.3) is 0 Å². The van der Waals surface area contributed by atoms with Crippen molar-refractivity contribution in [2.75, 3.05) is 6.61 Å². The zero-order valence-electron chi connectivity index (χ0n) is 16.1. The number of carbonyl (C=O) groups excluding carboxylic acids is 1. The topological polar surface area (TPSA) is 96.2 Å². The van der Waals surface area contributed by atoms with Gasteiger partial charge in [0.2, 0.25) is 0 Å². The predicted octanol–water partition coefficient (Wildman–Crippen LogP) is 3.98. The lowest BCUT2D eigenvalue weighted by Crippen LogP contribution is -2.32. The number of phenolic OH excluding ortho intramolecular Hbond substituents is 2. The first-order chi connectivity index (χ1) is 14.5. The molecule has 152 valence electrons. The molecule has 6 nitrogen and oxygen atoms in total. The van der Waals surface area contributed by atoms with Crippen molar-refractivity contribution in [3.63, 3.8) is 0 Å². The van der Waals surface area contributed by atoms with Gasteiger partial charge in [-0.2, -0.15) is 0 Å². The molecule has 0 fully saturated rings. The van der Waals surface area contributed by atoms with Crippen LogP contribution in [0.15, 0.2) is 54.6 Å². The highest BCUT2D eigenvalue weighted by molar-refractivity contribution is 5.98. The monoisotopic (exact) mass is 404 g/mol. The maximum atomic E-state index is 13.1. The highest BCUT2D eigenvalue weighted by atomic mass is 16.6. The number of unbranched alkanes of at least 4 members (excludes halogenated alkanes) is 1. The van der Waals surface area contributed by atoms with E-state index in [0.717, 1.165) is 12.0 Å². The Morgan fingerprint density at radius 2 is 1.50 bits per heavy atom. The summed E-state index contributed by atoms with van der Waals surface area (Å²) >= 11 is 0. The van der Waals surface area contributed by atoms with Crippen LogP contribution < -0.4 is 4.74 Å². The number of ether oxygens (including phenoxy) is 2. The van der Waals surface area contributed by atoms with Crippen molar-refractivity contribution in [2.45, 2.75) is 24.9 Å². The molecule has 0 saturated heterocycles. The van der Waals surface area contributed by atoms with Gasteiger partial charge in [0.05, 0.1) is 5.56 Å². The smallest absolute Gasteiger partial charge is 0.340 e. The normalized spacial score (nSPS) is 15.2. The zero-order chi connectivity index (χ0) is 20.9. The lowest BCUT2D eigenvalue weighted by molar-refractivity contribution is 0.0223. The van der Waals surface area contributed by atoms with E-state index in [9.17, 15) is 15.0 Å². The van der Waals surface area contributed by atoms with Gasteiger partial charge in [-0.1, -0.05) is 18.2 Å². The van der Waals surface area contributed by atoms with Crippen molar-refractivity contribution in [3.05, 3.63) is 82.4 Å². The Hall–Kier alpha value is -3.51. The van der Waals surface area contributed by atoms with Gasteiger partial charge >= 0.3 is 5.97 Å². The number of rotatable bonds is 4. The summed E-state index contributed by atoms with van der Waals surface area (Å²) < 4.78 is 12.1. The van der Waals surface area contributed by atoms with E-state index < -0.39 is 11.6 Å². The fourth-order valence-corrected chi connectivity index (χ4v) is 4.45. The first-order valence-corrected chi connectivity index (χ1v) is 9.86. The van der Waals surface area contributed by atoms with Crippen molar-refractivity contribution in [1.82, 2.24) is 0 Å². The van der Waals surface area contributed by atoms with E-state index in [1.54, 1.807) is 12.1 Å². The minimum atomic E-state index is -1.23. The van der Waals surface area contributed by atoms with E-state index in [1.165, 1.54) is 24.3 Å². The van der Waals surface area contributed by atoms with Crippen molar-refractivity contribution in [1.29, 1.82) is 0 Å². The molecule has 0 amide bonds. The number of aliphatic hydroxyl groups excluding tert-OH is 1. The first kappa shape index (κ1) is 18.5. The Morgan fingerprint density at radius 1 is 0.833 bits per heavy atom. The van der Waals surface area contributed by atoms with Crippen LogP contribution in [0.25, 0.3) is 0 Å². The number of phenols is 2. The molecule has 2 heterocycles. The second-order valence-electron chi connectivity index (χ2n) is 7.55. The van der Waals surface area contributed by atoms with Gasteiger partial charge in [-0.15, -0.1) is 0 Å². The molecule has 3 N–H and O–H groups in total. The van der Waals surface area contributed by atoms with Gasteiger partial charge in [-0.25, -0.2) is 4.79 Å². The first-order valence-electron chi connectivity index (χ1n) is 9.86. The molecule has 6 heteroatoms. The number of fused-ring (bicyclic) bond motifs is 6. The maximum absolute atomic E-state index is 13.1. The molecule has 0 unspecified atom stereocenters. The summed E-state index contributed by atoms with van der Waals surface area (Å²) in [7, 11) is 0. The third-order valence-electron chi connectivity index (χ3n) is 5.74. The molecule has 3 aromatic carbocycles. The van der Waals surface area contributed by atoms with Gasteiger partial charge < -0.3 is 24.8 Å². The molecule has 2 aliphatic heterocycles. The number of hydrogen-bond acceptors (Lipinski definition) is 6. The van der Waals surface area contributed by atoms with Crippen molar-refractivity contribution in [2.24, 2.45) is 0 Å². The summed E-state index contributed by atoms with van der Waals surface area (Å²) in [5.41, 5.74) is 2.08. The Labute approximate surface area is 172 Å². The largest absolute Gasteiger partial charge is 0.508 e. The molecule has 1 spiro atoms. The van der Waals surface area contributed by atoms with E-state index in [0.29, 0.717) is 46.6 Å². The molecule has 3 aromatic rings. The average Bonchev–Trinajstić information content (AvgIpc) is 3.02. The molecule has 0 atom stereocenters. The Kier molecular flexibility index (Phi) is 4.18. The van der Waals surface area contributed by atoms with E-state index in [-0.39, 0.29) is 18.1 Å². The minimum absolute atomic E-state index is 0.0230. The molecule has 0 bridgehead atoms. The maximum Gasteiger partial charge on any atom is 0.340 e. The van der Waals surface area contributed by atoms with Crippen LogP contribution in [0.1, 0.15) is 45.5 Å². The van der Waals surface area contributed by atoms with Crippen LogP contribution in [0.5, 0.6) is 23.0 Å². The summed E-state index contributed by atoms with van der Waals surface area (Å²) in [5, 5.41) is 29.1. The molecule has 0 aromatic heterocycles. The van der Waals surface area contributed by atoms with Crippen LogP contribution in [0.3, 0.4) is 0 Å². The molecular weight excluding hydrogens is 384 g/mol. The highest BCUT2D eigenvalue weighted by Gasteiger charge is 2.54. The quantitative estimate of drug-likeness (QED) is 0.450. The van der Waals surface area contributed by atoms with Crippen molar-refractivity contribution < 1.29 is 29.6 Å². The number of aliphatic hydroxyl groups is 1. The second kappa shape index (κ2) is 6.78. The van der Waals surface area contributed by atoms with Crippen molar-refractivity contribution in [3.8, 4) is 23.0 Å².